The lowest BCUT2D eigenvalue weighted by molar-refractivity contribution is -0.140. The van der Waals surface area contributed by atoms with E-state index in [9.17, 15) is 13.2 Å². The van der Waals surface area contributed by atoms with Gasteiger partial charge in [0.1, 0.15) is 5.01 Å². The van der Waals surface area contributed by atoms with E-state index in [0.29, 0.717) is 23.6 Å². The molecule has 0 bridgehead atoms. The number of nitrogens with one attached hydrogen (secondary N) is 2. The van der Waals surface area contributed by atoms with Crippen LogP contribution in [0, 0.1) is 0 Å². The molecule has 0 unspecified atom stereocenters. The third-order valence-corrected chi connectivity index (χ3v) is 4.93. The molecule has 148 valence electrons. The summed E-state index contributed by atoms with van der Waals surface area (Å²) in [5.74, 6) is 0.617. The van der Waals surface area contributed by atoms with E-state index in [0.717, 1.165) is 55.8 Å². The molecule has 0 amide bonds. The number of guanidine groups is 1. The lowest BCUT2D eigenvalue weighted by Gasteiger charge is -2.32. The second kappa shape index (κ2) is 10.1. The number of alkyl halides is 3. The fourth-order valence-electron chi connectivity index (χ4n) is 2.70. The van der Waals surface area contributed by atoms with Gasteiger partial charge < -0.3 is 20.3 Å². The quantitative estimate of drug-likeness (QED) is 0.550. The van der Waals surface area contributed by atoms with Gasteiger partial charge in [-0.2, -0.15) is 13.2 Å². The van der Waals surface area contributed by atoms with Crippen LogP contribution >= 0.6 is 11.3 Å². The van der Waals surface area contributed by atoms with Gasteiger partial charge in [-0.3, -0.25) is 0 Å². The molecule has 0 atom stereocenters. The molecule has 1 saturated heterocycles. The first-order valence-corrected chi connectivity index (χ1v) is 9.58. The number of likely N-dealkylation sites (tertiary alicyclic amines) is 1. The lowest BCUT2D eigenvalue weighted by atomic mass is 10.1. The van der Waals surface area contributed by atoms with Gasteiger partial charge in [-0.25, -0.2) is 9.98 Å². The van der Waals surface area contributed by atoms with E-state index in [1.54, 1.807) is 7.11 Å². The van der Waals surface area contributed by atoms with Crippen LogP contribution in [-0.4, -0.2) is 61.8 Å². The highest BCUT2D eigenvalue weighted by molar-refractivity contribution is 7.09. The fourth-order valence-corrected chi connectivity index (χ4v) is 3.42. The van der Waals surface area contributed by atoms with Gasteiger partial charge in [-0.05, 0) is 19.8 Å². The number of piperidine rings is 1. The Hall–Kier alpha value is -1.39. The number of thiazole rings is 1. The molecule has 26 heavy (non-hydrogen) atoms. The van der Waals surface area contributed by atoms with Crippen molar-refractivity contribution in [2.75, 3.05) is 39.9 Å². The van der Waals surface area contributed by atoms with Crippen LogP contribution in [0.5, 0.6) is 0 Å². The SMILES string of the molecule is CCNC(=NCc1nc(C(F)(F)F)cs1)NC1CCN(CCOC)CC1. The summed E-state index contributed by atoms with van der Waals surface area (Å²) in [6.07, 6.45) is -2.43. The van der Waals surface area contributed by atoms with Gasteiger partial charge in [0.25, 0.3) is 0 Å². The van der Waals surface area contributed by atoms with Crippen LogP contribution in [-0.2, 0) is 17.5 Å². The van der Waals surface area contributed by atoms with Gasteiger partial charge in [0, 0.05) is 44.7 Å². The molecule has 2 rings (SSSR count). The molecule has 0 spiro atoms. The highest BCUT2D eigenvalue weighted by Crippen LogP contribution is 2.30. The molecule has 0 aromatic carbocycles. The van der Waals surface area contributed by atoms with Gasteiger partial charge in [-0.15, -0.1) is 11.3 Å². The van der Waals surface area contributed by atoms with Gasteiger partial charge in [0.05, 0.1) is 13.2 Å². The highest BCUT2D eigenvalue weighted by Gasteiger charge is 2.33. The molecule has 2 N–H and O–H groups in total. The van der Waals surface area contributed by atoms with Gasteiger partial charge >= 0.3 is 6.18 Å². The van der Waals surface area contributed by atoms with Crippen molar-refractivity contribution in [2.24, 2.45) is 4.99 Å². The summed E-state index contributed by atoms with van der Waals surface area (Å²) in [7, 11) is 1.70. The molecule has 1 aliphatic heterocycles. The van der Waals surface area contributed by atoms with Gasteiger partial charge in [-0.1, -0.05) is 0 Å². The first-order valence-electron chi connectivity index (χ1n) is 8.70. The number of aromatic nitrogens is 1. The molecule has 1 aliphatic rings. The van der Waals surface area contributed by atoms with Crippen molar-refractivity contribution in [1.29, 1.82) is 0 Å². The maximum atomic E-state index is 12.6. The lowest BCUT2D eigenvalue weighted by Crippen LogP contribution is -2.49. The predicted octanol–water partition coefficient (Wildman–Crippen LogP) is 2.33. The molecule has 0 saturated carbocycles. The number of halogens is 3. The average Bonchev–Trinajstić information content (AvgIpc) is 3.09. The Kier molecular flexibility index (Phi) is 8.11. The Labute approximate surface area is 155 Å². The van der Waals surface area contributed by atoms with E-state index in [1.165, 1.54) is 0 Å². The van der Waals surface area contributed by atoms with Crippen molar-refractivity contribution in [1.82, 2.24) is 20.5 Å². The van der Waals surface area contributed by atoms with Crippen LogP contribution in [0.3, 0.4) is 0 Å². The van der Waals surface area contributed by atoms with E-state index < -0.39 is 11.9 Å². The standard InChI is InChI=1S/C16H26F3N5OS/c1-3-20-15(21-10-14-23-13(11-26-14)16(17,18)19)22-12-4-6-24(7-5-12)8-9-25-2/h11-12H,3-10H2,1-2H3,(H2,20,21,22). The molecule has 0 radical (unpaired) electrons. The largest absolute Gasteiger partial charge is 0.434 e. The molecule has 1 aromatic rings. The van der Waals surface area contributed by atoms with Crippen molar-refractivity contribution in [3.05, 3.63) is 16.1 Å². The normalized spacial score (nSPS) is 17.5. The minimum absolute atomic E-state index is 0.128. The number of hydrogen-bond donors (Lipinski definition) is 2. The molecule has 10 heteroatoms. The van der Waals surface area contributed by atoms with Gasteiger partial charge in [0.15, 0.2) is 11.7 Å². The van der Waals surface area contributed by atoms with E-state index in [-0.39, 0.29) is 6.54 Å². The zero-order chi connectivity index (χ0) is 19.0. The van der Waals surface area contributed by atoms with Gasteiger partial charge in [0.2, 0.25) is 0 Å². The van der Waals surface area contributed by atoms with Crippen molar-refractivity contribution in [3.8, 4) is 0 Å². The Morgan fingerprint density at radius 3 is 2.73 bits per heavy atom. The Balaban J connectivity index is 1.86. The van der Waals surface area contributed by atoms with Crippen molar-refractivity contribution in [2.45, 2.75) is 38.5 Å². The van der Waals surface area contributed by atoms with E-state index >= 15 is 0 Å². The molecule has 1 aromatic heterocycles. The molecular weight excluding hydrogens is 367 g/mol. The molecular formula is C16H26F3N5OS. The molecule has 6 nitrogen and oxygen atoms in total. The zero-order valence-electron chi connectivity index (χ0n) is 15.1. The first-order chi connectivity index (χ1) is 12.4. The second-order valence-electron chi connectivity index (χ2n) is 6.07. The Morgan fingerprint density at radius 1 is 1.42 bits per heavy atom. The Morgan fingerprint density at radius 2 is 2.15 bits per heavy atom. The maximum Gasteiger partial charge on any atom is 0.434 e. The summed E-state index contributed by atoms with van der Waals surface area (Å²) in [5.41, 5.74) is -0.853. The monoisotopic (exact) mass is 393 g/mol. The number of methoxy groups -OCH3 is 1. The fraction of sp³-hybridized carbons (Fsp3) is 0.750. The first kappa shape index (κ1) is 20.9. The summed E-state index contributed by atoms with van der Waals surface area (Å²) < 4.78 is 42.9. The Bertz CT molecular complexity index is 570. The van der Waals surface area contributed by atoms with E-state index in [4.69, 9.17) is 4.74 Å². The third-order valence-electron chi connectivity index (χ3n) is 4.10. The predicted molar refractivity (Wildman–Crippen MR) is 96.4 cm³/mol. The van der Waals surface area contributed by atoms with Crippen LogP contribution in [0.15, 0.2) is 10.4 Å². The summed E-state index contributed by atoms with van der Waals surface area (Å²) in [4.78, 5) is 10.4. The second-order valence-corrected chi connectivity index (χ2v) is 7.02. The van der Waals surface area contributed by atoms with Crippen molar-refractivity contribution < 1.29 is 17.9 Å². The average molecular weight is 393 g/mol. The smallest absolute Gasteiger partial charge is 0.383 e. The third kappa shape index (κ3) is 6.73. The number of aliphatic imine (C=N–C) groups is 1. The number of hydrogen-bond acceptors (Lipinski definition) is 5. The van der Waals surface area contributed by atoms with Crippen molar-refractivity contribution >= 4 is 17.3 Å². The van der Waals surface area contributed by atoms with E-state index in [1.807, 2.05) is 6.92 Å². The summed E-state index contributed by atoms with van der Waals surface area (Å²) in [5, 5.41) is 7.90. The summed E-state index contributed by atoms with van der Waals surface area (Å²) in [6.45, 7) is 6.41. The number of rotatable bonds is 7. The molecule has 2 heterocycles. The number of ether oxygens (including phenoxy) is 1. The highest BCUT2D eigenvalue weighted by atomic mass is 32.1. The minimum Gasteiger partial charge on any atom is -0.383 e. The van der Waals surface area contributed by atoms with Crippen LogP contribution in [0.4, 0.5) is 13.2 Å². The zero-order valence-corrected chi connectivity index (χ0v) is 15.9. The summed E-state index contributed by atoms with van der Waals surface area (Å²) >= 11 is 0.978. The maximum absolute atomic E-state index is 12.6. The van der Waals surface area contributed by atoms with Crippen LogP contribution < -0.4 is 10.6 Å². The topological polar surface area (TPSA) is 61.8 Å². The van der Waals surface area contributed by atoms with Crippen LogP contribution in [0.1, 0.15) is 30.5 Å². The molecule has 0 aliphatic carbocycles. The van der Waals surface area contributed by atoms with Crippen LogP contribution in [0.2, 0.25) is 0 Å². The minimum atomic E-state index is -4.40. The van der Waals surface area contributed by atoms with Crippen molar-refractivity contribution in [3.63, 3.8) is 0 Å². The van der Waals surface area contributed by atoms with Crippen LogP contribution in [0.25, 0.3) is 0 Å². The van der Waals surface area contributed by atoms with E-state index in [2.05, 4.69) is 25.5 Å². The number of nitrogens with zero attached hydrogens (tertiary/aromatic N) is 3. The summed E-state index contributed by atoms with van der Waals surface area (Å²) in [6, 6.07) is 0.300. The molecule has 1 fully saturated rings.